The fraction of sp³-hybridized carbons (Fsp3) is 0.0909. The smallest absolute Gasteiger partial charge is 0.353 e. The number of anilines is 1. The van der Waals surface area contributed by atoms with E-state index in [1.54, 1.807) is 24.4 Å². The van der Waals surface area contributed by atoms with Crippen molar-refractivity contribution in [1.29, 1.82) is 0 Å². The van der Waals surface area contributed by atoms with E-state index in [0.717, 1.165) is 0 Å². The van der Waals surface area contributed by atoms with Gasteiger partial charge < -0.3 is 10.4 Å². The number of nitrogens with one attached hydrogen (secondary N) is 2. The van der Waals surface area contributed by atoms with Crippen molar-refractivity contribution in [3.63, 3.8) is 0 Å². The largest absolute Gasteiger partial charge is 0.477 e. The SMILES string of the molecule is O=C(Cc1ccccn1)Nc1cc(C(=O)O)[nH]n1. The average molecular weight is 246 g/mol. The van der Waals surface area contributed by atoms with Crippen molar-refractivity contribution in [2.45, 2.75) is 6.42 Å². The number of carbonyl (C=O) groups is 2. The number of carboxylic acids is 1. The van der Waals surface area contributed by atoms with Crippen LogP contribution in [-0.2, 0) is 11.2 Å². The van der Waals surface area contributed by atoms with Crippen LogP contribution in [0.3, 0.4) is 0 Å². The molecule has 0 radical (unpaired) electrons. The molecule has 0 aliphatic rings. The summed E-state index contributed by atoms with van der Waals surface area (Å²) in [6.07, 6.45) is 1.70. The van der Waals surface area contributed by atoms with E-state index < -0.39 is 5.97 Å². The summed E-state index contributed by atoms with van der Waals surface area (Å²) >= 11 is 0. The first-order chi connectivity index (χ1) is 8.65. The Morgan fingerprint density at radius 3 is 2.83 bits per heavy atom. The topological polar surface area (TPSA) is 108 Å². The highest BCUT2D eigenvalue weighted by Gasteiger charge is 2.10. The second-order valence-corrected chi connectivity index (χ2v) is 3.52. The lowest BCUT2D eigenvalue weighted by Gasteiger charge is -2.00. The number of aromatic amines is 1. The molecule has 2 aromatic rings. The third-order valence-electron chi connectivity index (χ3n) is 2.14. The Hall–Kier alpha value is -2.70. The molecule has 2 rings (SSSR count). The third kappa shape index (κ3) is 2.91. The van der Waals surface area contributed by atoms with Crippen LogP contribution in [0.4, 0.5) is 5.82 Å². The zero-order chi connectivity index (χ0) is 13.0. The molecule has 0 unspecified atom stereocenters. The van der Waals surface area contributed by atoms with Crippen LogP contribution in [0.1, 0.15) is 16.2 Å². The minimum atomic E-state index is -1.13. The number of aromatic carboxylic acids is 1. The third-order valence-corrected chi connectivity index (χ3v) is 2.14. The summed E-state index contributed by atoms with van der Waals surface area (Å²) < 4.78 is 0. The number of carboxylic acid groups (broad SMARTS) is 1. The second kappa shape index (κ2) is 5.09. The number of carbonyl (C=O) groups excluding carboxylic acids is 1. The van der Waals surface area contributed by atoms with Crippen molar-refractivity contribution < 1.29 is 14.7 Å². The van der Waals surface area contributed by atoms with Gasteiger partial charge in [-0.3, -0.25) is 14.9 Å². The summed E-state index contributed by atoms with van der Waals surface area (Å²) in [4.78, 5) is 26.2. The van der Waals surface area contributed by atoms with Crippen LogP contribution in [0, 0.1) is 0 Å². The molecule has 2 aromatic heterocycles. The molecule has 0 saturated heterocycles. The quantitative estimate of drug-likeness (QED) is 0.735. The Bertz CT molecular complexity index is 565. The minimum Gasteiger partial charge on any atom is -0.477 e. The summed E-state index contributed by atoms with van der Waals surface area (Å²) in [7, 11) is 0. The van der Waals surface area contributed by atoms with Crippen LogP contribution in [0.15, 0.2) is 30.5 Å². The van der Waals surface area contributed by atoms with Crippen molar-refractivity contribution in [1.82, 2.24) is 15.2 Å². The number of H-pyrrole nitrogens is 1. The Balaban J connectivity index is 1.97. The molecule has 0 spiro atoms. The molecule has 92 valence electrons. The maximum Gasteiger partial charge on any atom is 0.353 e. The molecule has 0 atom stereocenters. The monoisotopic (exact) mass is 246 g/mol. The fourth-order valence-corrected chi connectivity index (χ4v) is 1.35. The van der Waals surface area contributed by atoms with E-state index in [4.69, 9.17) is 5.11 Å². The highest BCUT2D eigenvalue weighted by atomic mass is 16.4. The molecule has 2 heterocycles. The van der Waals surface area contributed by atoms with Crippen molar-refractivity contribution >= 4 is 17.7 Å². The molecule has 7 nitrogen and oxygen atoms in total. The van der Waals surface area contributed by atoms with E-state index >= 15 is 0 Å². The number of hydrogen-bond donors (Lipinski definition) is 3. The molecule has 0 saturated carbocycles. The van der Waals surface area contributed by atoms with Gasteiger partial charge in [-0.1, -0.05) is 6.07 Å². The molecule has 1 amide bonds. The van der Waals surface area contributed by atoms with E-state index in [9.17, 15) is 9.59 Å². The van der Waals surface area contributed by atoms with Gasteiger partial charge in [0.1, 0.15) is 5.69 Å². The lowest BCUT2D eigenvalue weighted by atomic mass is 10.2. The molecular weight excluding hydrogens is 236 g/mol. The molecule has 0 aliphatic carbocycles. The fourth-order valence-electron chi connectivity index (χ4n) is 1.35. The van der Waals surface area contributed by atoms with Gasteiger partial charge in [0, 0.05) is 18.0 Å². The zero-order valence-electron chi connectivity index (χ0n) is 9.25. The Morgan fingerprint density at radius 2 is 2.22 bits per heavy atom. The van der Waals surface area contributed by atoms with Gasteiger partial charge in [0.15, 0.2) is 5.82 Å². The van der Waals surface area contributed by atoms with Crippen LogP contribution in [0.2, 0.25) is 0 Å². The summed E-state index contributed by atoms with van der Waals surface area (Å²) in [6, 6.07) is 6.52. The predicted molar refractivity (Wildman–Crippen MR) is 62.1 cm³/mol. The molecule has 0 fully saturated rings. The van der Waals surface area contributed by atoms with Gasteiger partial charge in [-0.05, 0) is 12.1 Å². The molecule has 0 aromatic carbocycles. The first-order valence-corrected chi connectivity index (χ1v) is 5.13. The average Bonchev–Trinajstić information content (AvgIpc) is 2.78. The van der Waals surface area contributed by atoms with Gasteiger partial charge in [0.2, 0.25) is 5.91 Å². The molecule has 3 N–H and O–H groups in total. The van der Waals surface area contributed by atoms with Crippen molar-refractivity contribution in [2.75, 3.05) is 5.32 Å². The molecular formula is C11H10N4O3. The lowest BCUT2D eigenvalue weighted by Crippen LogP contribution is -2.15. The number of nitrogens with zero attached hydrogens (tertiary/aromatic N) is 2. The van der Waals surface area contributed by atoms with Gasteiger partial charge in [-0.15, -0.1) is 0 Å². The number of rotatable bonds is 4. The highest BCUT2D eigenvalue weighted by Crippen LogP contribution is 2.06. The second-order valence-electron chi connectivity index (χ2n) is 3.52. The number of hydrogen-bond acceptors (Lipinski definition) is 4. The maximum atomic E-state index is 11.6. The predicted octanol–water partition coefficient (Wildman–Crippen LogP) is 0.684. The minimum absolute atomic E-state index is 0.0804. The van der Waals surface area contributed by atoms with Crippen LogP contribution in [0.25, 0.3) is 0 Å². The van der Waals surface area contributed by atoms with E-state index in [0.29, 0.717) is 5.69 Å². The molecule has 0 aliphatic heterocycles. The Labute approximate surface area is 102 Å². The van der Waals surface area contributed by atoms with Crippen LogP contribution in [-0.4, -0.2) is 32.2 Å². The Morgan fingerprint density at radius 1 is 1.39 bits per heavy atom. The standard InChI is InChI=1S/C11H10N4O3/c16-10(5-7-3-1-2-4-12-7)13-9-6-8(11(17)18)14-15-9/h1-4,6H,5H2,(H,17,18)(H2,13,14,15,16). The van der Waals surface area contributed by atoms with Gasteiger partial charge in [0.05, 0.1) is 6.42 Å². The first-order valence-electron chi connectivity index (χ1n) is 5.13. The van der Waals surface area contributed by atoms with E-state index in [2.05, 4.69) is 20.5 Å². The molecule has 0 bridgehead atoms. The van der Waals surface area contributed by atoms with Gasteiger partial charge in [-0.2, -0.15) is 5.10 Å². The maximum absolute atomic E-state index is 11.6. The van der Waals surface area contributed by atoms with E-state index in [1.165, 1.54) is 6.07 Å². The summed E-state index contributed by atoms with van der Waals surface area (Å²) in [5.74, 6) is -1.27. The van der Waals surface area contributed by atoms with E-state index in [-0.39, 0.29) is 23.8 Å². The van der Waals surface area contributed by atoms with Gasteiger partial charge in [0.25, 0.3) is 0 Å². The van der Waals surface area contributed by atoms with Crippen LogP contribution >= 0.6 is 0 Å². The molecule has 7 heteroatoms. The Kier molecular flexibility index (Phi) is 3.33. The normalized spacial score (nSPS) is 10.0. The lowest BCUT2D eigenvalue weighted by molar-refractivity contribution is -0.115. The summed E-state index contributed by atoms with van der Waals surface area (Å²) in [5, 5.41) is 17.1. The number of amides is 1. The van der Waals surface area contributed by atoms with Crippen LogP contribution in [0.5, 0.6) is 0 Å². The van der Waals surface area contributed by atoms with E-state index in [1.807, 2.05) is 0 Å². The van der Waals surface area contributed by atoms with Crippen molar-refractivity contribution in [2.24, 2.45) is 0 Å². The number of pyridine rings is 1. The van der Waals surface area contributed by atoms with Crippen LogP contribution < -0.4 is 5.32 Å². The van der Waals surface area contributed by atoms with Gasteiger partial charge >= 0.3 is 5.97 Å². The first kappa shape index (κ1) is 11.8. The summed E-state index contributed by atoms with van der Waals surface area (Å²) in [6.45, 7) is 0. The summed E-state index contributed by atoms with van der Waals surface area (Å²) in [5.41, 5.74) is 0.548. The van der Waals surface area contributed by atoms with Crippen molar-refractivity contribution in [3.8, 4) is 0 Å². The number of aromatic nitrogens is 3. The highest BCUT2D eigenvalue weighted by molar-refractivity contribution is 5.93. The zero-order valence-corrected chi connectivity index (χ0v) is 9.25. The van der Waals surface area contributed by atoms with Gasteiger partial charge in [-0.25, -0.2) is 4.79 Å². The van der Waals surface area contributed by atoms with Crippen molar-refractivity contribution in [3.05, 3.63) is 41.9 Å². The molecule has 18 heavy (non-hydrogen) atoms.